The van der Waals surface area contributed by atoms with Crippen molar-refractivity contribution in [1.29, 1.82) is 5.26 Å². The first kappa shape index (κ1) is 22.3. The van der Waals surface area contributed by atoms with E-state index in [1.807, 2.05) is 50.4 Å². The summed E-state index contributed by atoms with van der Waals surface area (Å²) in [4.78, 5) is 15.7. The lowest BCUT2D eigenvalue weighted by atomic mass is 10.1. The fourth-order valence-corrected chi connectivity index (χ4v) is 3.50. The van der Waals surface area contributed by atoms with E-state index in [9.17, 15) is 10.1 Å². The maximum atomic E-state index is 12.5. The molecule has 2 aromatic carbocycles. The number of para-hydroxylation sites is 1. The quantitative estimate of drug-likeness (QED) is 0.388. The van der Waals surface area contributed by atoms with Gasteiger partial charge in [-0.05, 0) is 55.7 Å². The Morgan fingerprint density at radius 3 is 2.81 bits per heavy atom. The maximum Gasteiger partial charge on any atom is 0.261 e. The van der Waals surface area contributed by atoms with Crippen LogP contribution in [0.1, 0.15) is 25.0 Å². The number of H-pyrrole nitrogens is 1. The van der Waals surface area contributed by atoms with Crippen molar-refractivity contribution in [3.63, 3.8) is 0 Å². The van der Waals surface area contributed by atoms with Crippen LogP contribution in [0.5, 0.6) is 11.5 Å². The fraction of sp³-hybridized carbons (Fsp3) is 0.250. The second kappa shape index (κ2) is 10.1. The number of fused-ring (bicyclic) bond motifs is 1. The van der Waals surface area contributed by atoms with E-state index in [1.165, 1.54) is 13.2 Å². The van der Waals surface area contributed by atoms with Crippen LogP contribution in [-0.4, -0.2) is 30.6 Å². The molecule has 160 valence electrons. The van der Waals surface area contributed by atoms with Gasteiger partial charge in [0.1, 0.15) is 11.6 Å². The van der Waals surface area contributed by atoms with Crippen LogP contribution in [0.25, 0.3) is 17.0 Å². The molecule has 0 saturated heterocycles. The SMILES string of the molecule is COc1cc(/C=C(/C#N)C(=O)NCCc2c[nH]c3ccccc23)cc(Cl)c1OC(C)C. The highest BCUT2D eigenvalue weighted by Gasteiger charge is 2.15. The van der Waals surface area contributed by atoms with Gasteiger partial charge in [-0.3, -0.25) is 4.79 Å². The van der Waals surface area contributed by atoms with Crippen LogP contribution in [0.4, 0.5) is 0 Å². The molecule has 2 N–H and O–H groups in total. The highest BCUT2D eigenvalue weighted by Crippen LogP contribution is 2.37. The Labute approximate surface area is 186 Å². The van der Waals surface area contributed by atoms with Crippen molar-refractivity contribution in [2.75, 3.05) is 13.7 Å². The average Bonchev–Trinajstić information content (AvgIpc) is 3.16. The van der Waals surface area contributed by atoms with Gasteiger partial charge in [-0.15, -0.1) is 0 Å². The summed E-state index contributed by atoms with van der Waals surface area (Å²) in [6, 6.07) is 13.3. The summed E-state index contributed by atoms with van der Waals surface area (Å²) in [5.41, 5.74) is 2.71. The molecule has 0 fully saturated rings. The van der Waals surface area contributed by atoms with Crippen molar-refractivity contribution in [3.05, 3.63) is 64.3 Å². The predicted molar refractivity (Wildman–Crippen MR) is 122 cm³/mol. The Bertz CT molecular complexity index is 1160. The molecule has 0 atom stereocenters. The number of halogens is 1. The summed E-state index contributed by atoms with van der Waals surface area (Å²) < 4.78 is 11.1. The first-order valence-corrected chi connectivity index (χ1v) is 10.3. The molecule has 0 unspecified atom stereocenters. The number of hydrogen-bond acceptors (Lipinski definition) is 4. The first-order valence-electron chi connectivity index (χ1n) is 9.92. The van der Waals surface area contributed by atoms with Gasteiger partial charge in [0.15, 0.2) is 11.5 Å². The van der Waals surface area contributed by atoms with Gasteiger partial charge in [0.2, 0.25) is 0 Å². The van der Waals surface area contributed by atoms with Crippen molar-refractivity contribution in [3.8, 4) is 17.6 Å². The molecule has 0 radical (unpaired) electrons. The summed E-state index contributed by atoms with van der Waals surface area (Å²) in [7, 11) is 1.51. The third-order valence-corrected chi connectivity index (χ3v) is 4.92. The Hall–Kier alpha value is -3.43. The summed E-state index contributed by atoms with van der Waals surface area (Å²) in [6.07, 6.45) is 3.99. The van der Waals surface area contributed by atoms with Gasteiger partial charge in [0.25, 0.3) is 5.91 Å². The van der Waals surface area contributed by atoms with Crippen LogP contribution in [-0.2, 0) is 11.2 Å². The lowest BCUT2D eigenvalue weighted by Crippen LogP contribution is -2.26. The van der Waals surface area contributed by atoms with E-state index in [2.05, 4.69) is 10.3 Å². The molecule has 1 aromatic heterocycles. The third kappa shape index (κ3) is 5.39. The second-order valence-corrected chi connectivity index (χ2v) is 7.64. The highest BCUT2D eigenvalue weighted by molar-refractivity contribution is 6.32. The lowest BCUT2D eigenvalue weighted by Gasteiger charge is -2.15. The molecule has 1 heterocycles. The van der Waals surface area contributed by atoms with Crippen molar-refractivity contribution in [2.45, 2.75) is 26.4 Å². The topological polar surface area (TPSA) is 87.1 Å². The van der Waals surface area contributed by atoms with E-state index in [-0.39, 0.29) is 11.7 Å². The van der Waals surface area contributed by atoms with Crippen LogP contribution in [0.2, 0.25) is 5.02 Å². The van der Waals surface area contributed by atoms with E-state index in [1.54, 1.807) is 12.1 Å². The summed E-state index contributed by atoms with van der Waals surface area (Å²) in [6.45, 7) is 4.18. The van der Waals surface area contributed by atoms with E-state index in [0.29, 0.717) is 35.1 Å². The maximum absolute atomic E-state index is 12.5. The number of nitrogens with one attached hydrogen (secondary N) is 2. The summed E-state index contributed by atoms with van der Waals surface area (Å²) in [5.74, 6) is 0.419. The highest BCUT2D eigenvalue weighted by atomic mass is 35.5. The normalized spacial score (nSPS) is 11.4. The van der Waals surface area contributed by atoms with Crippen molar-refractivity contribution in [2.24, 2.45) is 0 Å². The Morgan fingerprint density at radius 1 is 1.32 bits per heavy atom. The molecule has 3 aromatic rings. The smallest absolute Gasteiger partial charge is 0.261 e. The molecule has 7 heteroatoms. The van der Waals surface area contributed by atoms with Gasteiger partial charge in [-0.1, -0.05) is 29.8 Å². The molecule has 0 saturated carbocycles. The zero-order chi connectivity index (χ0) is 22.4. The van der Waals surface area contributed by atoms with E-state index >= 15 is 0 Å². The molecule has 31 heavy (non-hydrogen) atoms. The second-order valence-electron chi connectivity index (χ2n) is 7.24. The predicted octanol–water partition coefficient (Wildman–Crippen LogP) is 4.88. The largest absolute Gasteiger partial charge is 0.493 e. The number of methoxy groups -OCH3 is 1. The molecule has 0 aliphatic heterocycles. The van der Waals surface area contributed by atoms with Gasteiger partial charge in [0.05, 0.1) is 18.2 Å². The molecule has 0 aliphatic carbocycles. The minimum atomic E-state index is -0.445. The van der Waals surface area contributed by atoms with Crippen LogP contribution >= 0.6 is 11.6 Å². The van der Waals surface area contributed by atoms with Crippen molar-refractivity contribution >= 4 is 34.5 Å². The molecule has 3 rings (SSSR count). The molecule has 6 nitrogen and oxygen atoms in total. The summed E-state index contributed by atoms with van der Waals surface area (Å²) in [5, 5.41) is 13.8. The minimum Gasteiger partial charge on any atom is -0.493 e. The van der Waals surface area contributed by atoms with E-state index in [4.69, 9.17) is 21.1 Å². The number of aromatic amines is 1. The third-order valence-electron chi connectivity index (χ3n) is 4.64. The lowest BCUT2D eigenvalue weighted by molar-refractivity contribution is -0.117. The van der Waals surface area contributed by atoms with Crippen molar-refractivity contribution < 1.29 is 14.3 Å². The number of carbonyl (C=O) groups excluding carboxylic acids is 1. The fourth-order valence-electron chi connectivity index (χ4n) is 3.23. The number of amides is 1. The standard InChI is InChI=1S/C24H24ClN3O3/c1-15(2)31-23-20(25)11-16(12-22(23)30-3)10-18(13-26)24(29)27-9-8-17-14-28-21-7-5-4-6-19(17)21/h4-7,10-12,14-15,28H,8-9H2,1-3H3,(H,27,29)/b18-10-. The molecular weight excluding hydrogens is 414 g/mol. The summed E-state index contributed by atoms with van der Waals surface area (Å²) >= 11 is 6.33. The van der Waals surface area contributed by atoms with Crippen LogP contribution in [0.3, 0.4) is 0 Å². The van der Waals surface area contributed by atoms with Gasteiger partial charge >= 0.3 is 0 Å². The molecular formula is C24H24ClN3O3. The number of ether oxygens (including phenoxy) is 2. The van der Waals surface area contributed by atoms with E-state index < -0.39 is 5.91 Å². The zero-order valence-electron chi connectivity index (χ0n) is 17.7. The van der Waals surface area contributed by atoms with Gasteiger partial charge in [-0.25, -0.2) is 0 Å². The molecule has 1 amide bonds. The van der Waals surface area contributed by atoms with Crippen LogP contribution in [0, 0.1) is 11.3 Å². The number of aromatic nitrogens is 1. The zero-order valence-corrected chi connectivity index (χ0v) is 18.4. The number of nitrogens with zero attached hydrogens (tertiary/aromatic N) is 1. The Balaban J connectivity index is 1.71. The van der Waals surface area contributed by atoms with Gasteiger partial charge in [0, 0.05) is 23.6 Å². The van der Waals surface area contributed by atoms with Gasteiger partial charge < -0.3 is 19.8 Å². The van der Waals surface area contributed by atoms with Gasteiger partial charge in [-0.2, -0.15) is 5.26 Å². The number of hydrogen-bond donors (Lipinski definition) is 2. The minimum absolute atomic E-state index is 0.0189. The average molecular weight is 438 g/mol. The number of nitriles is 1. The molecule has 0 spiro atoms. The number of rotatable bonds is 8. The Kier molecular flexibility index (Phi) is 7.22. The number of benzene rings is 2. The van der Waals surface area contributed by atoms with Crippen LogP contribution < -0.4 is 14.8 Å². The monoisotopic (exact) mass is 437 g/mol. The van der Waals surface area contributed by atoms with Crippen molar-refractivity contribution in [1.82, 2.24) is 10.3 Å². The van der Waals surface area contributed by atoms with Crippen LogP contribution in [0.15, 0.2) is 48.2 Å². The molecule has 0 aliphatic rings. The molecule has 0 bridgehead atoms. The van der Waals surface area contributed by atoms with E-state index in [0.717, 1.165) is 16.5 Å². The Morgan fingerprint density at radius 2 is 2.10 bits per heavy atom. The first-order chi connectivity index (χ1) is 14.9. The number of carbonyl (C=O) groups is 1.